The minimum absolute atomic E-state index is 0.0145. The predicted molar refractivity (Wildman–Crippen MR) is 121 cm³/mol. The zero-order chi connectivity index (χ0) is 23.7. The fourth-order valence-electron chi connectivity index (χ4n) is 4.38. The van der Waals surface area contributed by atoms with Crippen molar-refractivity contribution < 1.29 is 28.8 Å². The number of amides is 2. The molecule has 0 atom stereocenters. The van der Waals surface area contributed by atoms with Crippen LogP contribution < -0.4 is 5.32 Å². The third-order valence-electron chi connectivity index (χ3n) is 6.07. The Bertz CT molecular complexity index is 1270. The van der Waals surface area contributed by atoms with Crippen LogP contribution in [-0.4, -0.2) is 52.8 Å². The molecule has 2 aliphatic rings. The first kappa shape index (κ1) is 21.4. The maximum Gasteiger partial charge on any atom is 0.414 e. The van der Waals surface area contributed by atoms with Crippen molar-refractivity contribution in [2.75, 3.05) is 25.0 Å². The largest absolute Gasteiger partial charge is 0.478 e. The van der Waals surface area contributed by atoms with Gasteiger partial charge in [-0.3, -0.25) is 10.1 Å². The van der Waals surface area contributed by atoms with E-state index < -0.39 is 18.0 Å². The minimum Gasteiger partial charge on any atom is -0.478 e. The summed E-state index contributed by atoms with van der Waals surface area (Å²) >= 11 is 0. The van der Waals surface area contributed by atoms with Crippen molar-refractivity contribution in [1.29, 1.82) is 0 Å². The summed E-state index contributed by atoms with van der Waals surface area (Å²) in [6.07, 6.45) is 1.03. The van der Waals surface area contributed by atoms with Gasteiger partial charge in [0.05, 0.1) is 0 Å². The number of rotatable bonds is 5. The molecule has 2 aromatic carbocycles. The third-order valence-corrected chi connectivity index (χ3v) is 6.07. The molecule has 0 fully saturated rings. The lowest BCUT2D eigenvalue weighted by molar-refractivity contribution is -0.133. The number of carbonyl (C=O) groups excluding carboxylic acids is 2. The number of carboxylic acid groups (broad SMARTS) is 1. The van der Waals surface area contributed by atoms with Crippen LogP contribution in [0, 0.1) is 0 Å². The quantitative estimate of drug-likeness (QED) is 0.593. The SMILES string of the molecule is O=C(Nc1cc(C(=O)N2CC=C(C(=O)O)CC2)no1)OCC1c2ccccc2-c2ccccc21. The highest BCUT2D eigenvalue weighted by molar-refractivity contribution is 5.95. The Balaban J connectivity index is 1.20. The Labute approximate surface area is 194 Å². The average molecular weight is 459 g/mol. The molecule has 5 rings (SSSR count). The van der Waals surface area contributed by atoms with Crippen LogP contribution in [0.4, 0.5) is 10.7 Å². The lowest BCUT2D eigenvalue weighted by atomic mass is 9.98. The van der Waals surface area contributed by atoms with Crippen LogP contribution in [0.15, 0.2) is 70.8 Å². The van der Waals surface area contributed by atoms with E-state index in [1.165, 1.54) is 17.0 Å². The molecule has 2 N–H and O–H groups in total. The van der Waals surface area contributed by atoms with E-state index in [9.17, 15) is 14.4 Å². The molecule has 9 nitrogen and oxygen atoms in total. The van der Waals surface area contributed by atoms with Gasteiger partial charge in [-0.05, 0) is 28.7 Å². The normalized spacial score (nSPS) is 14.7. The molecule has 0 saturated heterocycles. The molecule has 0 radical (unpaired) electrons. The monoisotopic (exact) mass is 459 g/mol. The lowest BCUT2D eigenvalue weighted by Gasteiger charge is -2.24. The Morgan fingerprint density at radius 3 is 2.38 bits per heavy atom. The van der Waals surface area contributed by atoms with E-state index in [1.54, 1.807) is 0 Å². The molecule has 34 heavy (non-hydrogen) atoms. The molecule has 1 aliphatic carbocycles. The molecule has 0 unspecified atom stereocenters. The molecule has 172 valence electrons. The number of fused-ring (bicyclic) bond motifs is 3. The van der Waals surface area contributed by atoms with Gasteiger partial charge in [0.1, 0.15) is 6.61 Å². The first-order valence-electron chi connectivity index (χ1n) is 10.8. The van der Waals surface area contributed by atoms with Gasteiger partial charge in [-0.1, -0.05) is 59.8 Å². The second kappa shape index (κ2) is 8.86. The lowest BCUT2D eigenvalue weighted by Crippen LogP contribution is -2.35. The molecular weight excluding hydrogens is 438 g/mol. The van der Waals surface area contributed by atoms with Crippen molar-refractivity contribution in [2.45, 2.75) is 12.3 Å². The van der Waals surface area contributed by atoms with Gasteiger partial charge in [-0.25, -0.2) is 9.59 Å². The molecule has 2 amide bonds. The highest BCUT2D eigenvalue weighted by atomic mass is 16.6. The summed E-state index contributed by atoms with van der Waals surface area (Å²) in [5.41, 5.74) is 4.77. The van der Waals surface area contributed by atoms with Gasteiger partial charge >= 0.3 is 12.1 Å². The number of hydrogen-bond acceptors (Lipinski definition) is 6. The maximum atomic E-state index is 12.6. The smallest absolute Gasteiger partial charge is 0.414 e. The van der Waals surface area contributed by atoms with E-state index in [2.05, 4.69) is 22.6 Å². The van der Waals surface area contributed by atoms with Gasteiger partial charge in [-0.15, -0.1) is 0 Å². The van der Waals surface area contributed by atoms with E-state index in [0.717, 1.165) is 22.3 Å². The molecule has 0 saturated carbocycles. The van der Waals surface area contributed by atoms with Crippen LogP contribution in [0.5, 0.6) is 0 Å². The summed E-state index contributed by atoms with van der Waals surface area (Å²) < 4.78 is 10.5. The molecule has 1 aliphatic heterocycles. The molecule has 1 aromatic heterocycles. The molecule has 9 heteroatoms. The van der Waals surface area contributed by atoms with Crippen molar-refractivity contribution in [1.82, 2.24) is 10.1 Å². The molecule has 2 heterocycles. The first-order valence-corrected chi connectivity index (χ1v) is 10.8. The number of carboxylic acids is 1. The van der Waals surface area contributed by atoms with E-state index in [1.807, 2.05) is 36.4 Å². The van der Waals surface area contributed by atoms with E-state index in [4.69, 9.17) is 14.4 Å². The minimum atomic E-state index is -0.983. The number of ether oxygens (including phenoxy) is 1. The molecule has 0 bridgehead atoms. The van der Waals surface area contributed by atoms with Gasteiger partial charge in [0.25, 0.3) is 5.91 Å². The zero-order valence-electron chi connectivity index (χ0n) is 18.1. The number of anilines is 1. The van der Waals surface area contributed by atoms with Gasteiger partial charge in [0.15, 0.2) is 5.69 Å². The average Bonchev–Trinajstić information content (AvgIpc) is 3.45. The molecule has 0 spiro atoms. The maximum absolute atomic E-state index is 12.6. The highest BCUT2D eigenvalue weighted by Crippen LogP contribution is 2.44. The van der Waals surface area contributed by atoms with Crippen molar-refractivity contribution in [3.8, 4) is 11.1 Å². The number of nitrogens with zero attached hydrogens (tertiary/aromatic N) is 2. The summed E-state index contributed by atoms with van der Waals surface area (Å²) in [5, 5.41) is 15.2. The Kier molecular flexibility index (Phi) is 5.59. The Morgan fingerprint density at radius 2 is 1.76 bits per heavy atom. The van der Waals surface area contributed by atoms with Gasteiger partial charge in [-0.2, -0.15) is 0 Å². The number of nitrogens with one attached hydrogen (secondary N) is 1. The van der Waals surface area contributed by atoms with Crippen LogP contribution >= 0.6 is 0 Å². The number of benzene rings is 2. The number of carbonyl (C=O) groups is 3. The van der Waals surface area contributed by atoms with E-state index >= 15 is 0 Å². The summed E-state index contributed by atoms with van der Waals surface area (Å²) in [7, 11) is 0. The second-order valence-electron chi connectivity index (χ2n) is 8.06. The number of aromatic nitrogens is 1. The van der Waals surface area contributed by atoms with Gasteiger partial charge < -0.3 is 19.3 Å². The summed E-state index contributed by atoms with van der Waals surface area (Å²) in [4.78, 5) is 37.5. The second-order valence-corrected chi connectivity index (χ2v) is 8.06. The number of aliphatic carboxylic acids is 1. The van der Waals surface area contributed by atoms with Gasteiger partial charge in [0, 0.05) is 30.6 Å². The Hall–Kier alpha value is -4.40. The predicted octanol–water partition coefficient (Wildman–Crippen LogP) is 3.89. The van der Waals surface area contributed by atoms with Gasteiger partial charge in [0.2, 0.25) is 5.88 Å². The van der Waals surface area contributed by atoms with Crippen molar-refractivity contribution >= 4 is 23.9 Å². The Morgan fingerprint density at radius 1 is 1.09 bits per heavy atom. The summed E-state index contributed by atoms with van der Waals surface area (Å²) in [6, 6.07) is 17.4. The van der Waals surface area contributed by atoms with E-state index in [-0.39, 0.29) is 49.2 Å². The summed E-state index contributed by atoms with van der Waals surface area (Å²) in [5.74, 6) is -1.49. The summed E-state index contributed by atoms with van der Waals surface area (Å²) in [6.45, 7) is 0.577. The van der Waals surface area contributed by atoms with Crippen molar-refractivity contribution in [3.05, 3.63) is 83.1 Å². The first-order chi connectivity index (χ1) is 16.5. The van der Waals surface area contributed by atoms with Crippen LogP contribution in [0.2, 0.25) is 0 Å². The topological polar surface area (TPSA) is 122 Å². The van der Waals surface area contributed by atoms with Crippen LogP contribution in [-0.2, 0) is 9.53 Å². The zero-order valence-corrected chi connectivity index (χ0v) is 18.1. The number of hydrogen-bond donors (Lipinski definition) is 2. The van der Waals surface area contributed by atoms with E-state index in [0.29, 0.717) is 0 Å². The van der Waals surface area contributed by atoms with Crippen LogP contribution in [0.1, 0.15) is 34.0 Å². The van der Waals surface area contributed by atoms with Crippen molar-refractivity contribution in [2.24, 2.45) is 0 Å². The fraction of sp³-hybridized carbons (Fsp3) is 0.200. The molecular formula is C25H21N3O6. The third kappa shape index (κ3) is 4.03. The van der Waals surface area contributed by atoms with Crippen molar-refractivity contribution in [3.63, 3.8) is 0 Å². The fourth-order valence-corrected chi connectivity index (χ4v) is 4.38. The highest BCUT2D eigenvalue weighted by Gasteiger charge is 2.29. The standard InChI is InChI=1S/C25H21N3O6/c29-23(28-11-9-15(10-12-28)24(30)31)21-13-22(34-27-21)26-25(32)33-14-20-18-7-3-1-5-16(18)17-6-2-4-8-19(17)20/h1-9,13,20H,10-12,14H2,(H,26,32)(H,30,31). The molecule has 3 aromatic rings. The van der Waals surface area contributed by atoms with Crippen LogP contribution in [0.3, 0.4) is 0 Å². The van der Waals surface area contributed by atoms with Crippen LogP contribution in [0.25, 0.3) is 11.1 Å².